The molecule has 0 aromatic heterocycles. The number of anilines is 1. The van der Waals surface area contributed by atoms with E-state index < -0.39 is 0 Å². The molecule has 1 aromatic carbocycles. The molecule has 2 bridgehead atoms. The molecule has 2 aliphatic heterocycles. The van der Waals surface area contributed by atoms with Gasteiger partial charge in [-0.2, -0.15) is 0 Å². The quantitative estimate of drug-likeness (QED) is 0.589. The highest BCUT2D eigenvalue weighted by molar-refractivity contribution is 6.22. The summed E-state index contributed by atoms with van der Waals surface area (Å²) in [4.78, 5) is 42.3. The van der Waals surface area contributed by atoms with Gasteiger partial charge in [0.2, 0.25) is 11.8 Å². The lowest BCUT2D eigenvalue weighted by atomic mass is 9.63. The maximum Gasteiger partial charge on any atom is 0.253 e. The normalized spacial score (nSPS) is 37.9. The Balaban J connectivity index is 1.26. The molecule has 4 aliphatic carbocycles. The SMILES string of the molecule is O=C(c1ccc(N2C(=O)[C@@H]3[C@H]4C=C[C@@H]([C@@H]5C[C@H]45)[C@H]3C2=O)cc1)N1CCCCC1. The number of carbonyl (C=O) groups is 3. The van der Waals surface area contributed by atoms with Crippen molar-refractivity contribution in [2.24, 2.45) is 35.5 Å². The van der Waals surface area contributed by atoms with Gasteiger partial charge in [0.05, 0.1) is 17.5 Å². The van der Waals surface area contributed by atoms with Crippen LogP contribution < -0.4 is 4.90 Å². The third-order valence-electron chi connectivity index (χ3n) is 7.68. The number of piperidine rings is 1. The zero-order valence-electron chi connectivity index (χ0n) is 15.8. The number of carbonyl (C=O) groups excluding carboxylic acids is 3. The van der Waals surface area contributed by atoms with Crippen molar-refractivity contribution in [3.05, 3.63) is 42.0 Å². The molecule has 0 radical (unpaired) electrons. The third-order valence-corrected chi connectivity index (χ3v) is 7.68. The average Bonchev–Trinajstić information content (AvgIpc) is 3.52. The lowest BCUT2D eigenvalue weighted by Crippen LogP contribution is -2.40. The summed E-state index contributed by atoms with van der Waals surface area (Å²) in [6.07, 6.45) is 8.85. The molecule has 2 saturated heterocycles. The van der Waals surface area contributed by atoms with Gasteiger partial charge >= 0.3 is 0 Å². The molecule has 2 heterocycles. The fourth-order valence-electron chi connectivity index (χ4n) is 6.24. The van der Waals surface area contributed by atoms with Crippen molar-refractivity contribution >= 4 is 23.4 Å². The van der Waals surface area contributed by atoms with Crippen molar-refractivity contribution in [2.75, 3.05) is 18.0 Å². The molecule has 6 atom stereocenters. The predicted octanol–water partition coefficient (Wildman–Crippen LogP) is 2.87. The fraction of sp³-hybridized carbons (Fsp3) is 0.522. The smallest absolute Gasteiger partial charge is 0.253 e. The summed E-state index contributed by atoms with van der Waals surface area (Å²) in [6, 6.07) is 7.05. The van der Waals surface area contributed by atoms with Gasteiger partial charge in [-0.25, -0.2) is 0 Å². The van der Waals surface area contributed by atoms with Gasteiger partial charge in [-0.15, -0.1) is 0 Å². The van der Waals surface area contributed by atoms with Crippen LogP contribution in [0.1, 0.15) is 36.0 Å². The molecule has 144 valence electrons. The molecule has 0 N–H and O–H groups in total. The van der Waals surface area contributed by atoms with E-state index in [0.717, 1.165) is 25.9 Å². The molecule has 3 amide bonds. The van der Waals surface area contributed by atoms with E-state index in [1.54, 1.807) is 24.3 Å². The minimum absolute atomic E-state index is 0.0429. The van der Waals surface area contributed by atoms with Gasteiger partial charge in [-0.1, -0.05) is 12.2 Å². The summed E-state index contributed by atoms with van der Waals surface area (Å²) in [6.45, 7) is 1.62. The molecular formula is C23H24N2O3. The zero-order valence-corrected chi connectivity index (χ0v) is 15.8. The van der Waals surface area contributed by atoms with E-state index in [1.165, 1.54) is 17.7 Å². The van der Waals surface area contributed by atoms with Crippen LogP contribution in [0.15, 0.2) is 36.4 Å². The minimum Gasteiger partial charge on any atom is -0.339 e. The Morgan fingerprint density at radius 1 is 0.821 bits per heavy atom. The number of benzene rings is 1. The molecule has 0 unspecified atom stereocenters. The lowest BCUT2D eigenvalue weighted by molar-refractivity contribution is -0.124. The highest BCUT2D eigenvalue weighted by Crippen LogP contribution is 2.65. The first-order chi connectivity index (χ1) is 13.6. The van der Waals surface area contributed by atoms with E-state index in [-0.39, 0.29) is 41.4 Å². The Morgan fingerprint density at radius 3 is 1.96 bits per heavy atom. The summed E-state index contributed by atoms with van der Waals surface area (Å²) in [5.41, 5.74) is 1.23. The summed E-state index contributed by atoms with van der Waals surface area (Å²) in [7, 11) is 0. The Hall–Kier alpha value is -2.43. The zero-order chi connectivity index (χ0) is 19.0. The summed E-state index contributed by atoms with van der Waals surface area (Å²) >= 11 is 0. The molecule has 5 nitrogen and oxygen atoms in total. The molecule has 4 fully saturated rings. The van der Waals surface area contributed by atoms with Crippen LogP contribution in [0, 0.1) is 35.5 Å². The van der Waals surface area contributed by atoms with Crippen LogP contribution in [0.4, 0.5) is 5.69 Å². The van der Waals surface area contributed by atoms with Gasteiger partial charge < -0.3 is 4.90 Å². The first kappa shape index (κ1) is 16.5. The van der Waals surface area contributed by atoms with Crippen LogP contribution in [-0.2, 0) is 9.59 Å². The number of likely N-dealkylation sites (tertiary alicyclic amines) is 1. The Labute approximate surface area is 164 Å². The predicted molar refractivity (Wildman–Crippen MR) is 103 cm³/mol. The van der Waals surface area contributed by atoms with Crippen LogP contribution in [0.5, 0.6) is 0 Å². The van der Waals surface area contributed by atoms with Gasteiger partial charge in [-0.3, -0.25) is 19.3 Å². The lowest BCUT2D eigenvalue weighted by Gasteiger charge is -2.37. The Morgan fingerprint density at radius 2 is 1.39 bits per heavy atom. The molecule has 2 saturated carbocycles. The van der Waals surface area contributed by atoms with E-state index in [0.29, 0.717) is 23.1 Å². The molecule has 7 rings (SSSR count). The van der Waals surface area contributed by atoms with Crippen molar-refractivity contribution in [3.8, 4) is 0 Å². The highest BCUT2D eigenvalue weighted by Gasteiger charge is 2.67. The van der Waals surface area contributed by atoms with Crippen molar-refractivity contribution in [3.63, 3.8) is 0 Å². The fourth-order valence-corrected chi connectivity index (χ4v) is 6.24. The van der Waals surface area contributed by atoms with E-state index in [2.05, 4.69) is 12.2 Å². The maximum absolute atomic E-state index is 13.2. The average molecular weight is 376 g/mol. The van der Waals surface area contributed by atoms with Crippen LogP contribution >= 0.6 is 0 Å². The molecule has 0 spiro atoms. The van der Waals surface area contributed by atoms with E-state index in [9.17, 15) is 14.4 Å². The number of rotatable bonds is 2. The van der Waals surface area contributed by atoms with Crippen LogP contribution in [-0.4, -0.2) is 35.7 Å². The first-order valence-corrected chi connectivity index (χ1v) is 10.6. The van der Waals surface area contributed by atoms with Gasteiger partial charge in [0.15, 0.2) is 0 Å². The second kappa shape index (κ2) is 5.79. The molecule has 28 heavy (non-hydrogen) atoms. The van der Waals surface area contributed by atoms with E-state index in [1.807, 2.05) is 4.90 Å². The Kier molecular flexibility index (Phi) is 3.41. The molecule has 6 aliphatic rings. The summed E-state index contributed by atoms with van der Waals surface area (Å²) in [5, 5.41) is 0. The second-order valence-corrected chi connectivity index (χ2v) is 9.07. The van der Waals surface area contributed by atoms with Crippen LogP contribution in [0.3, 0.4) is 0 Å². The van der Waals surface area contributed by atoms with Gasteiger partial charge in [0, 0.05) is 18.7 Å². The van der Waals surface area contributed by atoms with Gasteiger partial charge in [-0.05, 0) is 73.6 Å². The maximum atomic E-state index is 13.2. The van der Waals surface area contributed by atoms with Gasteiger partial charge in [0.25, 0.3) is 5.91 Å². The first-order valence-electron chi connectivity index (χ1n) is 10.6. The highest BCUT2D eigenvalue weighted by atomic mass is 16.2. The largest absolute Gasteiger partial charge is 0.339 e. The third kappa shape index (κ3) is 2.16. The standard InChI is InChI=1S/C23H24N2O3/c26-21(24-10-2-1-3-11-24)13-4-6-14(7-5-13)25-22(27)19-15-8-9-16(18-12-17(15)18)20(19)23(25)28/h4-9,15-20H,1-3,10-12H2/t15-,16-,17-,18+,19+,20+/m0/s1. The Bertz CT molecular complexity index is 863. The van der Waals surface area contributed by atoms with Crippen molar-refractivity contribution in [1.82, 2.24) is 4.90 Å². The van der Waals surface area contributed by atoms with Crippen LogP contribution in [0.2, 0.25) is 0 Å². The number of allylic oxidation sites excluding steroid dienone is 2. The van der Waals surface area contributed by atoms with Gasteiger partial charge in [0.1, 0.15) is 0 Å². The number of amides is 3. The van der Waals surface area contributed by atoms with Crippen LogP contribution in [0.25, 0.3) is 0 Å². The van der Waals surface area contributed by atoms with Crippen molar-refractivity contribution < 1.29 is 14.4 Å². The number of hydrogen-bond acceptors (Lipinski definition) is 3. The van der Waals surface area contributed by atoms with Crippen molar-refractivity contribution in [1.29, 1.82) is 0 Å². The van der Waals surface area contributed by atoms with E-state index in [4.69, 9.17) is 0 Å². The molecule has 1 aromatic rings. The summed E-state index contributed by atoms with van der Waals surface area (Å²) < 4.78 is 0. The minimum atomic E-state index is -0.180. The molecule has 5 heteroatoms. The molecular weight excluding hydrogens is 352 g/mol. The number of nitrogens with zero attached hydrogens (tertiary/aromatic N) is 2. The second-order valence-electron chi connectivity index (χ2n) is 9.07. The summed E-state index contributed by atoms with van der Waals surface area (Å²) in [5.74, 6) is 1.28. The number of imide groups is 1. The number of hydrogen-bond donors (Lipinski definition) is 0. The van der Waals surface area contributed by atoms with E-state index >= 15 is 0 Å². The topological polar surface area (TPSA) is 57.7 Å². The monoisotopic (exact) mass is 376 g/mol. The van der Waals surface area contributed by atoms with Crippen molar-refractivity contribution in [2.45, 2.75) is 25.7 Å².